The molecule has 1 saturated heterocycles. The molecule has 0 aliphatic carbocycles. The minimum atomic E-state index is 0.899. The first kappa shape index (κ1) is 15.8. The van der Waals surface area contributed by atoms with Gasteiger partial charge >= 0.3 is 0 Å². The minimum Gasteiger partial charge on any atom is -0.379 e. The van der Waals surface area contributed by atoms with Crippen LogP contribution < -0.4 is 0 Å². The van der Waals surface area contributed by atoms with Crippen molar-refractivity contribution in [2.45, 2.75) is 5.75 Å². The summed E-state index contributed by atoms with van der Waals surface area (Å²) in [5.41, 5.74) is 1.42. The largest absolute Gasteiger partial charge is 0.379 e. The molecule has 0 spiro atoms. The second-order valence-corrected chi connectivity index (χ2v) is 6.40. The quantitative estimate of drug-likeness (QED) is 0.683. The molecule has 0 atom stereocenters. The zero-order valence-corrected chi connectivity index (χ0v) is 13.3. The molecule has 1 heterocycles. The van der Waals surface area contributed by atoms with Crippen molar-refractivity contribution in [3.05, 3.63) is 35.9 Å². The van der Waals surface area contributed by atoms with Gasteiger partial charge in [-0.15, -0.1) is 0 Å². The van der Waals surface area contributed by atoms with E-state index in [2.05, 4.69) is 47.2 Å². The average Bonchev–Trinajstić information content (AvgIpc) is 2.52. The summed E-state index contributed by atoms with van der Waals surface area (Å²) in [6.45, 7) is 7.48. The predicted molar refractivity (Wildman–Crippen MR) is 87.4 cm³/mol. The van der Waals surface area contributed by atoms with Gasteiger partial charge in [-0.25, -0.2) is 0 Å². The van der Waals surface area contributed by atoms with E-state index in [-0.39, 0.29) is 0 Å². The number of likely N-dealkylation sites (N-methyl/N-ethyl adjacent to an activating group) is 1. The lowest BCUT2D eigenvalue weighted by Gasteiger charge is -2.28. The van der Waals surface area contributed by atoms with Crippen LogP contribution >= 0.6 is 11.8 Å². The van der Waals surface area contributed by atoms with Crippen molar-refractivity contribution in [3.8, 4) is 0 Å². The molecule has 0 saturated carbocycles. The lowest BCUT2D eigenvalue weighted by molar-refractivity contribution is 0.0347. The van der Waals surface area contributed by atoms with Crippen molar-refractivity contribution in [2.24, 2.45) is 0 Å². The molecule has 0 aromatic heterocycles. The number of rotatable bonds is 8. The van der Waals surface area contributed by atoms with Gasteiger partial charge in [-0.1, -0.05) is 30.3 Å². The molecule has 3 nitrogen and oxygen atoms in total. The van der Waals surface area contributed by atoms with Gasteiger partial charge in [0.1, 0.15) is 0 Å². The highest BCUT2D eigenvalue weighted by atomic mass is 32.2. The topological polar surface area (TPSA) is 15.7 Å². The van der Waals surface area contributed by atoms with Crippen molar-refractivity contribution in [3.63, 3.8) is 0 Å². The highest BCUT2D eigenvalue weighted by molar-refractivity contribution is 7.98. The van der Waals surface area contributed by atoms with Gasteiger partial charge in [0.15, 0.2) is 0 Å². The van der Waals surface area contributed by atoms with Gasteiger partial charge in [0.25, 0.3) is 0 Å². The monoisotopic (exact) mass is 294 g/mol. The van der Waals surface area contributed by atoms with Crippen molar-refractivity contribution in [1.82, 2.24) is 9.80 Å². The number of morpholine rings is 1. The molecule has 1 aromatic rings. The number of hydrogen-bond donors (Lipinski definition) is 0. The van der Waals surface area contributed by atoms with Crippen molar-refractivity contribution >= 4 is 11.8 Å². The van der Waals surface area contributed by atoms with E-state index in [0.717, 1.165) is 38.6 Å². The van der Waals surface area contributed by atoms with Gasteiger partial charge in [-0.2, -0.15) is 11.8 Å². The fourth-order valence-corrected chi connectivity index (χ4v) is 3.25. The van der Waals surface area contributed by atoms with Gasteiger partial charge in [0, 0.05) is 44.2 Å². The van der Waals surface area contributed by atoms with Crippen LogP contribution in [0.5, 0.6) is 0 Å². The summed E-state index contributed by atoms with van der Waals surface area (Å²) in [6, 6.07) is 10.7. The van der Waals surface area contributed by atoms with Gasteiger partial charge < -0.3 is 9.64 Å². The van der Waals surface area contributed by atoms with Gasteiger partial charge in [-0.05, 0) is 12.6 Å². The summed E-state index contributed by atoms with van der Waals surface area (Å²) in [6.07, 6.45) is 0. The summed E-state index contributed by atoms with van der Waals surface area (Å²) in [5.74, 6) is 2.33. The van der Waals surface area contributed by atoms with Crippen LogP contribution in [-0.4, -0.2) is 68.5 Å². The Morgan fingerprint density at radius 2 is 1.90 bits per heavy atom. The van der Waals surface area contributed by atoms with Crippen molar-refractivity contribution in [1.29, 1.82) is 0 Å². The highest BCUT2D eigenvalue weighted by Gasteiger charge is 2.10. The molecule has 20 heavy (non-hydrogen) atoms. The molecule has 112 valence electrons. The summed E-state index contributed by atoms with van der Waals surface area (Å²) >= 11 is 2.02. The molecule has 1 fully saturated rings. The van der Waals surface area contributed by atoms with Crippen LogP contribution in [0.1, 0.15) is 5.56 Å². The third-order valence-corrected chi connectivity index (χ3v) is 4.64. The fraction of sp³-hybridized carbons (Fsp3) is 0.625. The summed E-state index contributed by atoms with van der Waals surface area (Å²) in [7, 11) is 2.23. The van der Waals surface area contributed by atoms with E-state index in [1.165, 1.54) is 24.4 Å². The Bertz CT molecular complexity index is 355. The molecule has 1 aliphatic rings. The standard InChI is InChI=1S/C16H26N2OS/c1-17(7-8-18-9-12-19-13-10-18)11-14-20-15-16-5-3-2-4-6-16/h2-6H,7-15H2,1H3. The van der Waals surface area contributed by atoms with Crippen molar-refractivity contribution in [2.75, 3.05) is 58.7 Å². The molecule has 0 bridgehead atoms. The zero-order chi connectivity index (χ0) is 14.0. The molecule has 1 aliphatic heterocycles. The molecular formula is C16H26N2OS. The maximum Gasteiger partial charge on any atom is 0.0594 e. The molecule has 0 amide bonds. The molecule has 0 N–H and O–H groups in total. The van der Waals surface area contributed by atoms with Crippen LogP contribution in [0.15, 0.2) is 30.3 Å². The van der Waals surface area contributed by atoms with Gasteiger partial charge in [0.05, 0.1) is 13.2 Å². The number of thioether (sulfide) groups is 1. The highest BCUT2D eigenvalue weighted by Crippen LogP contribution is 2.11. The molecular weight excluding hydrogens is 268 g/mol. The van der Waals surface area contributed by atoms with E-state index in [9.17, 15) is 0 Å². The third kappa shape index (κ3) is 6.27. The van der Waals surface area contributed by atoms with Crippen LogP contribution in [0.3, 0.4) is 0 Å². The molecule has 4 heteroatoms. The molecule has 1 aromatic carbocycles. The lowest BCUT2D eigenvalue weighted by atomic mass is 10.2. The molecule has 2 rings (SSSR count). The van der Waals surface area contributed by atoms with Gasteiger partial charge in [0.2, 0.25) is 0 Å². The summed E-state index contributed by atoms with van der Waals surface area (Å²) in [4.78, 5) is 4.94. The second-order valence-electron chi connectivity index (χ2n) is 5.30. The van der Waals surface area contributed by atoms with Crippen molar-refractivity contribution < 1.29 is 4.74 Å². The van der Waals surface area contributed by atoms with E-state index in [1.54, 1.807) is 0 Å². The Morgan fingerprint density at radius 1 is 1.15 bits per heavy atom. The first-order valence-corrected chi connectivity index (χ1v) is 8.60. The summed E-state index contributed by atoms with van der Waals surface area (Å²) < 4.78 is 5.37. The number of benzene rings is 1. The first-order valence-electron chi connectivity index (χ1n) is 7.45. The maximum absolute atomic E-state index is 5.37. The van der Waals surface area contributed by atoms with Crippen LogP contribution in [0.4, 0.5) is 0 Å². The Morgan fingerprint density at radius 3 is 2.65 bits per heavy atom. The Balaban J connectivity index is 1.50. The van der Waals surface area contributed by atoms with E-state index in [0.29, 0.717) is 0 Å². The molecule has 0 unspecified atom stereocenters. The maximum atomic E-state index is 5.37. The summed E-state index contributed by atoms with van der Waals surface area (Å²) in [5, 5.41) is 0. The number of hydrogen-bond acceptors (Lipinski definition) is 4. The number of nitrogens with zero attached hydrogens (tertiary/aromatic N) is 2. The normalized spacial score (nSPS) is 16.7. The zero-order valence-electron chi connectivity index (χ0n) is 12.5. The van der Waals surface area contributed by atoms with Crippen LogP contribution in [-0.2, 0) is 10.5 Å². The fourth-order valence-electron chi connectivity index (χ4n) is 2.23. The number of ether oxygens (including phenoxy) is 1. The Hall–Kier alpha value is -0.550. The predicted octanol–water partition coefficient (Wildman–Crippen LogP) is 2.18. The van der Waals surface area contributed by atoms with Gasteiger partial charge in [-0.3, -0.25) is 4.90 Å². The lowest BCUT2D eigenvalue weighted by Crippen LogP contribution is -2.41. The Labute approximate surface area is 127 Å². The molecule has 0 radical (unpaired) electrons. The van der Waals surface area contributed by atoms with E-state index >= 15 is 0 Å². The van der Waals surface area contributed by atoms with E-state index in [1.807, 2.05) is 11.8 Å². The first-order chi connectivity index (χ1) is 9.84. The second kappa shape index (κ2) is 9.40. The van der Waals surface area contributed by atoms with E-state index in [4.69, 9.17) is 4.74 Å². The van der Waals surface area contributed by atoms with Crippen LogP contribution in [0.25, 0.3) is 0 Å². The van der Waals surface area contributed by atoms with Crippen LogP contribution in [0, 0.1) is 0 Å². The smallest absolute Gasteiger partial charge is 0.0594 e. The SMILES string of the molecule is CN(CCSCc1ccccc1)CCN1CCOCC1. The van der Waals surface area contributed by atoms with E-state index < -0.39 is 0 Å². The third-order valence-electron chi connectivity index (χ3n) is 3.63. The average molecular weight is 294 g/mol. The minimum absolute atomic E-state index is 0.899. The Kier molecular flexibility index (Phi) is 7.44. The van der Waals surface area contributed by atoms with Crippen LogP contribution in [0.2, 0.25) is 0 Å².